The van der Waals surface area contributed by atoms with Gasteiger partial charge in [-0.05, 0) is 76.2 Å². The monoisotopic (exact) mass is 730 g/mol. The van der Waals surface area contributed by atoms with Crippen LogP contribution >= 0.6 is 11.6 Å². The maximum atomic E-state index is 12.9. The lowest BCUT2D eigenvalue weighted by molar-refractivity contribution is 0.101. The van der Waals surface area contributed by atoms with Crippen LogP contribution in [0.15, 0.2) is 119 Å². The molecule has 6 aromatic rings. The first-order valence-corrected chi connectivity index (χ1v) is 17.3. The number of carbonyl (C=O) groups excluding carboxylic acids is 2. The number of nitrogens with one attached hydrogen (secondary N) is 2. The van der Waals surface area contributed by atoms with Gasteiger partial charge in [0.2, 0.25) is 0 Å². The number of rotatable bonds is 11. The summed E-state index contributed by atoms with van der Waals surface area (Å²) < 4.78 is 7.88. The van der Waals surface area contributed by atoms with Crippen molar-refractivity contribution in [2.24, 2.45) is 0 Å². The molecular formula is C41H39ClN6O5. The Morgan fingerprint density at radius 1 is 0.623 bits per heavy atom. The number of aromatic nitrogens is 4. The first-order chi connectivity index (χ1) is 25.6. The first-order valence-electron chi connectivity index (χ1n) is 16.9. The van der Waals surface area contributed by atoms with Crippen molar-refractivity contribution in [3.8, 4) is 28.3 Å². The second kappa shape index (κ2) is 17.3. The molecule has 0 aliphatic rings. The number of halogens is 1. The summed E-state index contributed by atoms with van der Waals surface area (Å²) in [6, 6.07) is 32.8. The van der Waals surface area contributed by atoms with Crippen LogP contribution in [0.3, 0.4) is 0 Å². The Bertz CT molecular complexity index is 2340. The second-order valence-electron chi connectivity index (χ2n) is 11.8. The Morgan fingerprint density at radius 3 is 1.34 bits per heavy atom. The van der Waals surface area contributed by atoms with Gasteiger partial charge in [-0.3, -0.25) is 19.2 Å². The highest BCUT2D eigenvalue weighted by molar-refractivity contribution is 6.30. The van der Waals surface area contributed by atoms with E-state index in [0.29, 0.717) is 46.6 Å². The summed E-state index contributed by atoms with van der Waals surface area (Å²) in [6.07, 6.45) is 0. The fourth-order valence-electron chi connectivity index (χ4n) is 5.58. The molecule has 0 saturated heterocycles. The van der Waals surface area contributed by atoms with Gasteiger partial charge in [0.05, 0.1) is 18.2 Å². The van der Waals surface area contributed by atoms with Crippen LogP contribution in [-0.2, 0) is 13.1 Å². The van der Waals surface area contributed by atoms with Crippen LogP contribution < -0.4 is 26.5 Å². The third-order valence-corrected chi connectivity index (χ3v) is 8.43. The number of hydrogen-bond acceptors (Lipinski definition) is 9. The van der Waals surface area contributed by atoms with Crippen LogP contribution in [0.1, 0.15) is 48.4 Å². The van der Waals surface area contributed by atoms with Crippen LogP contribution in [-0.4, -0.2) is 38.2 Å². The van der Waals surface area contributed by atoms with E-state index in [0.717, 1.165) is 11.1 Å². The van der Waals surface area contributed by atoms with Crippen molar-refractivity contribution in [2.45, 2.75) is 40.8 Å². The van der Waals surface area contributed by atoms with Gasteiger partial charge in [-0.25, -0.2) is 9.36 Å². The number of methoxy groups -OCH3 is 1. The lowest BCUT2D eigenvalue weighted by Gasteiger charge is -2.16. The van der Waals surface area contributed by atoms with Gasteiger partial charge in [0.15, 0.2) is 11.6 Å². The number of benzene rings is 4. The molecule has 12 heteroatoms. The van der Waals surface area contributed by atoms with Gasteiger partial charge in [-0.15, -0.1) is 0 Å². The molecule has 270 valence electrons. The van der Waals surface area contributed by atoms with E-state index in [9.17, 15) is 19.2 Å². The van der Waals surface area contributed by atoms with Gasteiger partial charge < -0.3 is 15.4 Å². The molecule has 0 bridgehead atoms. The van der Waals surface area contributed by atoms with E-state index in [2.05, 4.69) is 20.8 Å². The van der Waals surface area contributed by atoms with E-state index in [-0.39, 0.29) is 45.2 Å². The summed E-state index contributed by atoms with van der Waals surface area (Å²) in [6.45, 7) is 7.35. The van der Waals surface area contributed by atoms with E-state index in [1.54, 1.807) is 55.6 Å². The highest BCUT2D eigenvalue weighted by Crippen LogP contribution is 2.29. The predicted octanol–water partition coefficient (Wildman–Crippen LogP) is 8.41. The number of Topliss-reactive ketones (excluding diaryl/α,β-unsaturated/α-hetero) is 2. The van der Waals surface area contributed by atoms with Crippen LogP contribution in [0.25, 0.3) is 22.5 Å². The van der Waals surface area contributed by atoms with Crippen LogP contribution in [0.2, 0.25) is 5.02 Å². The molecule has 2 aromatic heterocycles. The highest BCUT2D eigenvalue weighted by atomic mass is 35.5. The molecular weight excluding hydrogens is 692 g/mol. The maximum Gasteiger partial charge on any atom is 0.291 e. The largest absolute Gasteiger partial charge is 0.497 e. The smallest absolute Gasteiger partial charge is 0.291 e. The van der Waals surface area contributed by atoms with Crippen LogP contribution in [0, 0.1) is 0 Å². The van der Waals surface area contributed by atoms with Gasteiger partial charge in [0, 0.05) is 40.6 Å². The Balaban J connectivity index is 0.000000204. The lowest BCUT2D eigenvalue weighted by Crippen LogP contribution is -2.28. The Kier molecular flexibility index (Phi) is 12.3. The Hall–Kier alpha value is -6.33. The zero-order chi connectivity index (χ0) is 38.1. The summed E-state index contributed by atoms with van der Waals surface area (Å²) in [5.41, 5.74) is 4.21. The number of hydrogen-bond donors (Lipinski definition) is 2. The van der Waals surface area contributed by atoms with Gasteiger partial charge in [0.25, 0.3) is 11.1 Å². The van der Waals surface area contributed by atoms with Gasteiger partial charge >= 0.3 is 0 Å². The van der Waals surface area contributed by atoms with Crippen molar-refractivity contribution < 1.29 is 14.3 Å². The molecule has 0 aliphatic heterocycles. The fourth-order valence-corrected chi connectivity index (χ4v) is 5.71. The number of anilines is 4. The summed E-state index contributed by atoms with van der Waals surface area (Å²) >= 11 is 5.92. The summed E-state index contributed by atoms with van der Waals surface area (Å²) in [5.74, 6) is 0.254. The average Bonchev–Trinajstić information content (AvgIpc) is 3.18. The van der Waals surface area contributed by atoms with E-state index in [4.69, 9.17) is 16.3 Å². The second-order valence-corrected chi connectivity index (χ2v) is 12.2. The number of aryl methyl sites for hydroxylation is 2. The topological polar surface area (TPSA) is 137 Å². The van der Waals surface area contributed by atoms with Crippen LogP contribution in [0.4, 0.5) is 22.7 Å². The molecule has 11 nitrogen and oxygen atoms in total. The molecule has 2 N–H and O–H groups in total. The number of carbonyl (C=O) groups is 2. The van der Waals surface area contributed by atoms with Crippen molar-refractivity contribution in [3.63, 3.8) is 0 Å². The van der Waals surface area contributed by atoms with E-state index >= 15 is 0 Å². The summed E-state index contributed by atoms with van der Waals surface area (Å²) in [7, 11) is 1.59. The fraction of sp³-hybridized carbons (Fsp3) is 0.171. The first kappa shape index (κ1) is 37.9. The zero-order valence-electron chi connectivity index (χ0n) is 30.0. The minimum atomic E-state index is -0.340. The standard InChI is InChI=1S/C21H21N3O3.C20H18ClN3O2/c1-4-24-21(26)20(22-16-10-12-17(27-3)13-11-16)18(14(2)25)19(23-24)15-8-6-5-7-9-15;1-3-24-20(26)19(22-16-11-9-15(21)10-12-16)17(13(2)25)18(23-24)14-7-5-4-6-8-14/h5-13,22H,4H2,1-3H3;4-12,22H,3H2,1-2H3. The number of ketones is 2. The SMILES string of the molecule is CCn1nc(-c2ccccc2)c(C(C)=O)c(Nc2ccc(Cl)cc2)c1=O.CCn1nc(-c2ccccc2)c(C(C)=O)c(Nc2ccc(OC)cc2)c1=O. The molecule has 0 atom stereocenters. The van der Waals surface area contributed by atoms with Gasteiger partial charge in [-0.1, -0.05) is 72.3 Å². The number of nitrogens with zero attached hydrogens (tertiary/aromatic N) is 4. The molecule has 0 spiro atoms. The van der Waals surface area contributed by atoms with Crippen molar-refractivity contribution in [1.82, 2.24) is 19.6 Å². The Labute approximate surface area is 311 Å². The normalized spacial score (nSPS) is 10.5. The third kappa shape index (κ3) is 8.77. The molecule has 6 rings (SSSR count). The molecule has 0 radical (unpaired) electrons. The Morgan fingerprint density at radius 2 is 1.00 bits per heavy atom. The van der Waals surface area contributed by atoms with Crippen LogP contribution in [0.5, 0.6) is 5.75 Å². The van der Waals surface area contributed by atoms with Gasteiger partial charge in [0.1, 0.15) is 28.5 Å². The number of ether oxygens (including phenoxy) is 1. The predicted molar refractivity (Wildman–Crippen MR) is 210 cm³/mol. The average molecular weight is 731 g/mol. The molecule has 4 aromatic carbocycles. The molecule has 53 heavy (non-hydrogen) atoms. The van der Waals surface area contributed by atoms with Gasteiger partial charge in [-0.2, -0.15) is 10.2 Å². The minimum absolute atomic E-state index is 0.218. The quantitative estimate of drug-likeness (QED) is 0.126. The molecule has 0 aliphatic carbocycles. The zero-order valence-corrected chi connectivity index (χ0v) is 30.8. The van der Waals surface area contributed by atoms with Crippen molar-refractivity contribution >= 4 is 45.9 Å². The molecule has 0 fully saturated rings. The molecule has 0 saturated carbocycles. The third-order valence-electron chi connectivity index (χ3n) is 8.18. The van der Waals surface area contributed by atoms with E-state index < -0.39 is 0 Å². The summed E-state index contributed by atoms with van der Waals surface area (Å²) in [4.78, 5) is 50.6. The summed E-state index contributed by atoms with van der Waals surface area (Å²) in [5, 5.41) is 15.6. The van der Waals surface area contributed by atoms with E-state index in [1.165, 1.54) is 23.2 Å². The highest BCUT2D eigenvalue weighted by Gasteiger charge is 2.23. The van der Waals surface area contributed by atoms with E-state index in [1.807, 2.05) is 74.5 Å². The molecule has 2 heterocycles. The molecule has 0 unspecified atom stereocenters. The molecule has 0 amide bonds. The van der Waals surface area contributed by atoms with Crippen molar-refractivity contribution in [3.05, 3.63) is 146 Å². The maximum absolute atomic E-state index is 12.9. The van der Waals surface area contributed by atoms with Crippen molar-refractivity contribution in [2.75, 3.05) is 17.7 Å². The van der Waals surface area contributed by atoms with Crippen molar-refractivity contribution in [1.29, 1.82) is 0 Å². The minimum Gasteiger partial charge on any atom is -0.497 e. The lowest BCUT2D eigenvalue weighted by atomic mass is 10.0.